The maximum Gasteiger partial charge on any atom is 0.255 e. The molecule has 1 saturated heterocycles. The van der Waals surface area contributed by atoms with Crippen molar-refractivity contribution in [3.8, 4) is 5.75 Å². The molecule has 4 unspecified atom stereocenters. The second-order valence-corrected chi connectivity index (χ2v) is 8.12. The van der Waals surface area contributed by atoms with Crippen molar-refractivity contribution in [2.75, 3.05) is 12.8 Å². The summed E-state index contributed by atoms with van der Waals surface area (Å²) in [6.45, 7) is 5.09. The fourth-order valence-corrected chi connectivity index (χ4v) is 4.22. The summed E-state index contributed by atoms with van der Waals surface area (Å²) < 4.78 is 17.8. The first-order valence-electron chi connectivity index (χ1n) is 8.70. The zero-order valence-corrected chi connectivity index (χ0v) is 15.4. The average molecular weight is 350 g/mol. The second kappa shape index (κ2) is 7.23. The molecule has 1 amide bonds. The molecule has 1 aromatic rings. The van der Waals surface area contributed by atoms with Crippen molar-refractivity contribution in [2.24, 2.45) is 0 Å². The quantitative estimate of drug-likeness (QED) is 0.852. The van der Waals surface area contributed by atoms with Crippen LogP contribution >= 0.6 is 0 Å². The van der Waals surface area contributed by atoms with Crippen LogP contribution in [0.15, 0.2) is 17.0 Å². The maximum absolute atomic E-state index is 12.9. The molecular weight excluding hydrogens is 324 g/mol. The number of carbonyl (C=O) groups is 1. The van der Waals surface area contributed by atoms with Crippen LogP contribution in [0, 0.1) is 0 Å². The van der Waals surface area contributed by atoms with Crippen LogP contribution in [-0.2, 0) is 17.2 Å². The molecule has 5 nitrogen and oxygen atoms in total. The lowest BCUT2D eigenvalue weighted by Crippen LogP contribution is -2.47. The van der Waals surface area contributed by atoms with Gasteiger partial charge in [-0.1, -0.05) is 6.92 Å². The molecule has 0 aliphatic carbocycles. The monoisotopic (exact) mass is 350 g/mol. The molecule has 24 heavy (non-hydrogen) atoms. The smallest absolute Gasteiger partial charge is 0.255 e. The molecule has 2 aliphatic rings. The predicted molar refractivity (Wildman–Crippen MR) is 95.1 cm³/mol. The fourth-order valence-electron chi connectivity index (χ4n) is 3.63. The van der Waals surface area contributed by atoms with E-state index in [0.717, 1.165) is 37.8 Å². The Kier molecular flexibility index (Phi) is 5.25. The van der Waals surface area contributed by atoms with Crippen LogP contribution in [-0.4, -0.2) is 41.1 Å². The van der Waals surface area contributed by atoms with E-state index >= 15 is 0 Å². The van der Waals surface area contributed by atoms with Crippen molar-refractivity contribution in [1.29, 1.82) is 0 Å². The van der Waals surface area contributed by atoms with Gasteiger partial charge >= 0.3 is 0 Å². The lowest BCUT2D eigenvalue weighted by Gasteiger charge is -2.24. The third-order valence-electron chi connectivity index (χ3n) is 4.88. The summed E-state index contributed by atoms with van der Waals surface area (Å²) in [4.78, 5) is 13.6. The van der Waals surface area contributed by atoms with Crippen molar-refractivity contribution in [3.05, 3.63) is 23.3 Å². The minimum Gasteiger partial charge on any atom is -0.489 e. The number of amides is 1. The molecule has 1 fully saturated rings. The Morgan fingerprint density at radius 3 is 2.92 bits per heavy atom. The molecule has 0 radical (unpaired) electrons. The maximum atomic E-state index is 12.9. The number of nitrogens with one attached hydrogen (secondary N) is 2. The first kappa shape index (κ1) is 17.4. The fraction of sp³-hybridized carbons (Fsp3) is 0.611. The van der Waals surface area contributed by atoms with Crippen molar-refractivity contribution in [1.82, 2.24) is 10.6 Å². The van der Waals surface area contributed by atoms with Crippen molar-refractivity contribution in [3.63, 3.8) is 0 Å². The summed E-state index contributed by atoms with van der Waals surface area (Å²) in [5, 5.41) is 6.61. The summed E-state index contributed by atoms with van der Waals surface area (Å²) in [7, 11) is -1.12. The summed E-state index contributed by atoms with van der Waals surface area (Å²) in [5.41, 5.74) is 1.49. The number of ether oxygens (including phenoxy) is 1. The second-order valence-electron chi connectivity index (χ2n) is 6.74. The molecule has 132 valence electrons. The number of fused-ring (bicyclic) bond motifs is 1. The highest BCUT2D eigenvalue weighted by Crippen LogP contribution is 2.34. The highest BCUT2D eigenvalue weighted by atomic mass is 32.2. The average Bonchev–Trinajstić information content (AvgIpc) is 3.19. The normalized spacial score (nSPS) is 25.0. The molecule has 2 heterocycles. The SMILES string of the molecule is CCC(NC(=O)c1cc(S(C)=O)cc2c1OC(C)C2)C1CCCN1. The largest absolute Gasteiger partial charge is 0.489 e. The van der Waals surface area contributed by atoms with Crippen molar-refractivity contribution in [2.45, 2.75) is 62.6 Å². The zero-order chi connectivity index (χ0) is 17.3. The standard InChI is InChI=1S/C18H26N2O3S/c1-4-15(16-6-5-7-19-16)20-18(21)14-10-13(24(3)22)9-12-8-11(2)23-17(12)14/h9-11,15-16,19H,4-8H2,1-3H3,(H,20,21). The molecular formula is C18H26N2O3S. The van der Waals surface area contributed by atoms with Gasteiger partial charge in [-0.15, -0.1) is 0 Å². The van der Waals surface area contributed by atoms with Gasteiger partial charge in [0, 0.05) is 40.5 Å². The molecule has 2 aliphatic heterocycles. The van der Waals surface area contributed by atoms with E-state index in [2.05, 4.69) is 17.6 Å². The zero-order valence-electron chi connectivity index (χ0n) is 14.6. The number of carbonyl (C=O) groups excluding carboxylic acids is 1. The number of benzene rings is 1. The van der Waals surface area contributed by atoms with Gasteiger partial charge in [0.1, 0.15) is 11.9 Å². The Morgan fingerprint density at radius 2 is 2.29 bits per heavy atom. The Morgan fingerprint density at radius 1 is 1.50 bits per heavy atom. The van der Waals surface area contributed by atoms with Gasteiger partial charge < -0.3 is 15.4 Å². The van der Waals surface area contributed by atoms with Gasteiger partial charge in [0.05, 0.1) is 5.56 Å². The first-order valence-corrected chi connectivity index (χ1v) is 10.3. The molecule has 1 aromatic carbocycles. The van der Waals surface area contributed by atoms with Crippen LogP contribution in [0.25, 0.3) is 0 Å². The van der Waals surface area contributed by atoms with Gasteiger partial charge in [-0.25, -0.2) is 0 Å². The van der Waals surface area contributed by atoms with Crippen LogP contribution in [0.2, 0.25) is 0 Å². The predicted octanol–water partition coefficient (Wildman–Crippen LogP) is 2.01. The Bertz CT molecular complexity index is 656. The van der Waals surface area contributed by atoms with Gasteiger partial charge in [0.2, 0.25) is 0 Å². The topological polar surface area (TPSA) is 67.4 Å². The van der Waals surface area contributed by atoms with Crippen LogP contribution < -0.4 is 15.4 Å². The van der Waals surface area contributed by atoms with E-state index in [1.807, 2.05) is 13.0 Å². The third kappa shape index (κ3) is 3.49. The summed E-state index contributed by atoms with van der Waals surface area (Å²) in [5.74, 6) is 0.525. The lowest BCUT2D eigenvalue weighted by molar-refractivity contribution is 0.0922. The van der Waals surface area contributed by atoms with Gasteiger partial charge in [0.25, 0.3) is 5.91 Å². The molecule has 3 rings (SSSR count). The molecule has 0 aromatic heterocycles. The van der Waals surface area contributed by atoms with E-state index in [0.29, 0.717) is 22.3 Å². The molecule has 4 atom stereocenters. The summed E-state index contributed by atoms with van der Waals surface area (Å²) in [6, 6.07) is 4.05. The molecule has 0 spiro atoms. The van der Waals surface area contributed by atoms with Crippen LogP contribution in [0.3, 0.4) is 0 Å². The van der Waals surface area contributed by atoms with E-state index in [-0.39, 0.29) is 18.1 Å². The van der Waals surface area contributed by atoms with E-state index in [9.17, 15) is 9.00 Å². The number of hydrogen-bond donors (Lipinski definition) is 2. The van der Waals surface area contributed by atoms with Gasteiger partial charge in [0.15, 0.2) is 0 Å². The summed E-state index contributed by atoms with van der Waals surface area (Å²) >= 11 is 0. The first-order chi connectivity index (χ1) is 11.5. The number of rotatable bonds is 5. The van der Waals surface area contributed by atoms with Crippen LogP contribution in [0.5, 0.6) is 5.75 Å². The Labute approximate surface area is 146 Å². The van der Waals surface area contributed by atoms with Crippen LogP contribution in [0.1, 0.15) is 49.0 Å². The van der Waals surface area contributed by atoms with Gasteiger partial charge in [-0.05, 0) is 50.4 Å². The Hall–Kier alpha value is -1.40. The lowest BCUT2D eigenvalue weighted by atomic mass is 10.0. The molecule has 6 heteroatoms. The van der Waals surface area contributed by atoms with E-state index in [1.165, 1.54) is 0 Å². The van der Waals surface area contributed by atoms with Gasteiger partial charge in [-0.2, -0.15) is 0 Å². The minimum atomic E-state index is -1.12. The Balaban J connectivity index is 1.87. The van der Waals surface area contributed by atoms with E-state index in [1.54, 1.807) is 12.3 Å². The third-order valence-corrected chi connectivity index (χ3v) is 5.78. The highest BCUT2D eigenvalue weighted by Gasteiger charge is 2.30. The van der Waals surface area contributed by atoms with E-state index in [4.69, 9.17) is 4.74 Å². The summed E-state index contributed by atoms with van der Waals surface area (Å²) in [6.07, 6.45) is 5.55. The van der Waals surface area contributed by atoms with E-state index < -0.39 is 10.8 Å². The van der Waals surface area contributed by atoms with Crippen molar-refractivity contribution >= 4 is 16.7 Å². The van der Waals surface area contributed by atoms with Crippen molar-refractivity contribution < 1.29 is 13.7 Å². The molecule has 0 saturated carbocycles. The number of hydrogen-bond acceptors (Lipinski definition) is 4. The van der Waals surface area contributed by atoms with Gasteiger partial charge in [-0.3, -0.25) is 9.00 Å². The highest BCUT2D eigenvalue weighted by molar-refractivity contribution is 7.84. The molecule has 0 bridgehead atoms. The minimum absolute atomic E-state index is 0.0468. The molecule has 2 N–H and O–H groups in total. The van der Waals surface area contributed by atoms with Crippen LogP contribution in [0.4, 0.5) is 0 Å².